The number of benzene rings is 1. The van der Waals surface area contributed by atoms with E-state index in [4.69, 9.17) is 4.74 Å². The Morgan fingerprint density at radius 1 is 1.25 bits per heavy atom. The summed E-state index contributed by atoms with van der Waals surface area (Å²) in [6, 6.07) is 3.31. The standard InChI is InChI=1S/C13H20N2O4S/c1-10-7-11(2)13(8-12(10)9-16)20(17,18)14-15-3-5-19-6-4-15/h7-8,14,16H,3-6,9H2,1-2H3. The van der Waals surface area contributed by atoms with Crippen LogP contribution in [0, 0.1) is 13.8 Å². The van der Waals surface area contributed by atoms with Crippen LogP contribution in [0.1, 0.15) is 16.7 Å². The van der Waals surface area contributed by atoms with Gasteiger partial charge in [-0.25, -0.2) is 13.4 Å². The van der Waals surface area contributed by atoms with E-state index in [9.17, 15) is 13.5 Å². The number of aryl methyl sites for hydroxylation is 2. The largest absolute Gasteiger partial charge is 0.392 e. The van der Waals surface area contributed by atoms with Crippen LogP contribution in [0.25, 0.3) is 0 Å². The van der Waals surface area contributed by atoms with Crippen LogP contribution >= 0.6 is 0 Å². The molecular formula is C13H20N2O4S. The number of sulfonamides is 1. The molecule has 0 aliphatic carbocycles. The van der Waals surface area contributed by atoms with E-state index in [1.165, 1.54) is 6.07 Å². The molecule has 112 valence electrons. The van der Waals surface area contributed by atoms with Crippen molar-refractivity contribution in [1.82, 2.24) is 9.84 Å². The molecule has 0 radical (unpaired) electrons. The average Bonchev–Trinajstić information content (AvgIpc) is 2.39. The van der Waals surface area contributed by atoms with Gasteiger partial charge in [0, 0.05) is 13.1 Å². The Bertz CT molecular complexity index is 580. The molecule has 1 aliphatic heterocycles. The molecule has 2 N–H and O–H groups in total. The van der Waals surface area contributed by atoms with Crippen molar-refractivity contribution in [3.05, 3.63) is 28.8 Å². The number of morpholine rings is 1. The summed E-state index contributed by atoms with van der Waals surface area (Å²) in [5, 5.41) is 10.9. The predicted octanol–water partition coefficient (Wildman–Crippen LogP) is 0.321. The van der Waals surface area contributed by atoms with Crippen LogP contribution in [-0.2, 0) is 21.4 Å². The minimum absolute atomic E-state index is 0.174. The Morgan fingerprint density at radius 2 is 1.90 bits per heavy atom. The summed E-state index contributed by atoms with van der Waals surface area (Å²) in [4.78, 5) is 2.77. The topological polar surface area (TPSA) is 78.9 Å². The van der Waals surface area contributed by atoms with Crippen molar-refractivity contribution < 1.29 is 18.3 Å². The summed E-state index contributed by atoms with van der Waals surface area (Å²) in [6.45, 7) is 5.50. The maximum Gasteiger partial charge on any atom is 0.253 e. The molecule has 1 aromatic carbocycles. The molecule has 1 heterocycles. The molecule has 1 aliphatic rings. The van der Waals surface area contributed by atoms with Crippen molar-refractivity contribution in [3.63, 3.8) is 0 Å². The van der Waals surface area contributed by atoms with E-state index >= 15 is 0 Å². The minimum Gasteiger partial charge on any atom is -0.392 e. The van der Waals surface area contributed by atoms with Crippen molar-refractivity contribution in [1.29, 1.82) is 0 Å². The Kier molecular flexibility index (Phi) is 4.77. The lowest BCUT2D eigenvalue weighted by Gasteiger charge is -2.27. The number of nitrogens with one attached hydrogen (secondary N) is 1. The number of ether oxygens (including phenoxy) is 1. The van der Waals surface area contributed by atoms with Gasteiger partial charge in [-0.1, -0.05) is 6.07 Å². The van der Waals surface area contributed by atoms with E-state index in [0.717, 1.165) is 5.56 Å². The smallest absolute Gasteiger partial charge is 0.253 e. The molecule has 6 nitrogen and oxygen atoms in total. The fourth-order valence-electron chi connectivity index (χ4n) is 2.21. The number of hydrogen-bond acceptors (Lipinski definition) is 5. The quantitative estimate of drug-likeness (QED) is 0.837. The molecular weight excluding hydrogens is 280 g/mol. The molecule has 0 atom stereocenters. The Balaban J connectivity index is 2.28. The first-order valence-corrected chi connectivity index (χ1v) is 7.98. The van der Waals surface area contributed by atoms with Crippen molar-refractivity contribution >= 4 is 10.0 Å². The van der Waals surface area contributed by atoms with Crippen LogP contribution in [0.2, 0.25) is 0 Å². The molecule has 0 amide bonds. The Morgan fingerprint density at radius 3 is 2.50 bits per heavy atom. The summed E-state index contributed by atoms with van der Waals surface area (Å²) in [5.74, 6) is 0. The third-order valence-electron chi connectivity index (χ3n) is 3.35. The molecule has 2 rings (SSSR count). The summed E-state index contributed by atoms with van der Waals surface area (Å²) >= 11 is 0. The zero-order valence-corrected chi connectivity index (χ0v) is 12.5. The van der Waals surface area contributed by atoms with Gasteiger partial charge >= 0.3 is 0 Å². The van der Waals surface area contributed by atoms with Crippen molar-refractivity contribution in [2.75, 3.05) is 26.3 Å². The van der Waals surface area contributed by atoms with Gasteiger partial charge < -0.3 is 9.84 Å². The van der Waals surface area contributed by atoms with Gasteiger partial charge in [-0.15, -0.1) is 4.83 Å². The van der Waals surface area contributed by atoms with Gasteiger partial charge in [0.25, 0.3) is 10.0 Å². The van der Waals surface area contributed by atoms with Crippen LogP contribution in [-0.4, -0.2) is 44.8 Å². The highest BCUT2D eigenvalue weighted by Crippen LogP contribution is 2.21. The Labute approximate surface area is 119 Å². The van der Waals surface area contributed by atoms with Gasteiger partial charge in [-0.3, -0.25) is 0 Å². The molecule has 0 spiro atoms. The molecule has 1 fully saturated rings. The maximum absolute atomic E-state index is 12.4. The molecule has 0 bridgehead atoms. The number of hydrogen-bond donors (Lipinski definition) is 2. The molecule has 0 unspecified atom stereocenters. The number of nitrogens with zero attached hydrogens (tertiary/aromatic N) is 1. The van der Waals surface area contributed by atoms with Crippen LogP contribution in [0.4, 0.5) is 0 Å². The zero-order valence-electron chi connectivity index (χ0n) is 11.7. The summed E-state index contributed by atoms with van der Waals surface area (Å²) < 4.78 is 30.0. The minimum atomic E-state index is -3.63. The van der Waals surface area contributed by atoms with Crippen LogP contribution in [0.3, 0.4) is 0 Å². The van der Waals surface area contributed by atoms with Crippen LogP contribution < -0.4 is 4.83 Å². The van der Waals surface area contributed by atoms with Crippen molar-refractivity contribution in [3.8, 4) is 0 Å². The Hall–Kier alpha value is -0.990. The van der Waals surface area contributed by atoms with E-state index in [-0.39, 0.29) is 11.5 Å². The van der Waals surface area contributed by atoms with Gasteiger partial charge in [0.15, 0.2) is 0 Å². The van der Waals surface area contributed by atoms with E-state index < -0.39 is 10.0 Å². The van der Waals surface area contributed by atoms with E-state index in [2.05, 4.69) is 4.83 Å². The number of aliphatic hydroxyl groups excluding tert-OH is 1. The third-order valence-corrected chi connectivity index (χ3v) is 4.87. The SMILES string of the molecule is Cc1cc(C)c(S(=O)(=O)NN2CCOCC2)cc1CO. The first kappa shape index (κ1) is 15.4. The van der Waals surface area contributed by atoms with Crippen LogP contribution in [0.5, 0.6) is 0 Å². The molecule has 0 aromatic heterocycles. The summed E-state index contributed by atoms with van der Waals surface area (Å²) in [5.41, 5.74) is 2.17. The molecule has 7 heteroatoms. The molecule has 20 heavy (non-hydrogen) atoms. The van der Waals surface area contributed by atoms with Gasteiger partial charge in [-0.2, -0.15) is 0 Å². The van der Waals surface area contributed by atoms with Gasteiger partial charge in [0.1, 0.15) is 0 Å². The lowest BCUT2D eigenvalue weighted by Crippen LogP contribution is -2.48. The third kappa shape index (κ3) is 3.36. The first-order valence-electron chi connectivity index (χ1n) is 6.50. The number of hydrazine groups is 1. The fraction of sp³-hybridized carbons (Fsp3) is 0.538. The summed E-state index contributed by atoms with van der Waals surface area (Å²) in [6.07, 6.45) is 0. The van der Waals surface area contributed by atoms with Crippen molar-refractivity contribution in [2.24, 2.45) is 0 Å². The maximum atomic E-state index is 12.4. The highest BCUT2D eigenvalue weighted by atomic mass is 32.2. The lowest BCUT2D eigenvalue weighted by atomic mass is 10.1. The van der Waals surface area contributed by atoms with Crippen molar-refractivity contribution in [2.45, 2.75) is 25.3 Å². The van der Waals surface area contributed by atoms with Gasteiger partial charge in [-0.05, 0) is 36.6 Å². The van der Waals surface area contributed by atoms with E-state index in [0.29, 0.717) is 37.4 Å². The molecule has 1 saturated heterocycles. The fourth-order valence-corrected chi connectivity index (χ4v) is 3.61. The predicted molar refractivity (Wildman–Crippen MR) is 74.6 cm³/mol. The normalized spacial score (nSPS) is 17.4. The van der Waals surface area contributed by atoms with Gasteiger partial charge in [0.05, 0.1) is 24.7 Å². The highest BCUT2D eigenvalue weighted by Gasteiger charge is 2.22. The second-order valence-electron chi connectivity index (χ2n) is 4.90. The second-order valence-corrected chi connectivity index (χ2v) is 6.53. The lowest BCUT2D eigenvalue weighted by molar-refractivity contribution is 0.0272. The first-order chi connectivity index (χ1) is 9.44. The summed E-state index contributed by atoms with van der Waals surface area (Å²) in [7, 11) is -3.63. The highest BCUT2D eigenvalue weighted by molar-refractivity contribution is 7.89. The average molecular weight is 300 g/mol. The van der Waals surface area contributed by atoms with Crippen LogP contribution in [0.15, 0.2) is 17.0 Å². The second kappa shape index (κ2) is 6.19. The number of rotatable bonds is 4. The van der Waals surface area contributed by atoms with E-state index in [1.807, 2.05) is 6.92 Å². The number of aliphatic hydroxyl groups is 1. The van der Waals surface area contributed by atoms with Gasteiger partial charge in [0.2, 0.25) is 0 Å². The molecule has 1 aromatic rings. The van der Waals surface area contributed by atoms with E-state index in [1.54, 1.807) is 18.0 Å². The zero-order chi connectivity index (χ0) is 14.8. The molecule has 0 saturated carbocycles. The monoisotopic (exact) mass is 300 g/mol.